The van der Waals surface area contributed by atoms with Crippen molar-refractivity contribution in [3.63, 3.8) is 0 Å². The van der Waals surface area contributed by atoms with Crippen molar-refractivity contribution in [1.82, 2.24) is 24.6 Å². The fourth-order valence-electron chi connectivity index (χ4n) is 3.89. The number of hydrogen-bond acceptors (Lipinski definition) is 6. The predicted molar refractivity (Wildman–Crippen MR) is 154 cm³/mol. The number of nitrogens with zero attached hydrogens (tertiary/aromatic N) is 4. The second-order valence-corrected chi connectivity index (χ2v) is 12.6. The Hall–Kier alpha value is -2.63. The second kappa shape index (κ2) is 11.2. The SMILES string of the molecule is CC(C)c1nn(-c2c(Cl)cc(Cl)cc2Cl)c2nc(Cc3ccc(NS(=O)(=O)CCN(C)C)cc3)[nH]c(=O)c12. The first kappa shape index (κ1) is 28.4. The molecular formula is C25H27Cl3N6O3S. The molecule has 13 heteroatoms. The summed E-state index contributed by atoms with van der Waals surface area (Å²) in [6, 6.07) is 10.0. The van der Waals surface area contributed by atoms with Gasteiger partial charge in [0.2, 0.25) is 10.0 Å². The Morgan fingerprint density at radius 3 is 2.29 bits per heavy atom. The summed E-state index contributed by atoms with van der Waals surface area (Å²) in [6.07, 6.45) is 0.295. The molecule has 38 heavy (non-hydrogen) atoms. The first-order valence-corrected chi connectivity index (χ1v) is 14.5. The second-order valence-electron chi connectivity index (χ2n) is 9.48. The predicted octanol–water partition coefficient (Wildman–Crippen LogP) is 5.09. The topological polar surface area (TPSA) is 113 Å². The van der Waals surface area contributed by atoms with Gasteiger partial charge < -0.3 is 9.88 Å². The maximum Gasteiger partial charge on any atom is 0.262 e. The molecule has 2 N–H and O–H groups in total. The third-order valence-electron chi connectivity index (χ3n) is 5.76. The van der Waals surface area contributed by atoms with Crippen molar-refractivity contribution in [1.29, 1.82) is 0 Å². The molecule has 0 spiro atoms. The van der Waals surface area contributed by atoms with E-state index in [0.717, 1.165) is 5.56 Å². The molecule has 202 valence electrons. The van der Waals surface area contributed by atoms with Gasteiger partial charge in [-0.25, -0.2) is 18.1 Å². The molecule has 2 aromatic heterocycles. The van der Waals surface area contributed by atoms with Crippen LogP contribution in [0.1, 0.15) is 36.8 Å². The van der Waals surface area contributed by atoms with Crippen molar-refractivity contribution in [2.75, 3.05) is 31.1 Å². The summed E-state index contributed by atoms with van der Waals surface area (Å²) < 4.78 is 28.6. The molecule has 0 unspecified atom stereocenters. The van der Waals surface area contributed by atoms with Gasteiger partial charge in [-0.3, -0.25) is 9.52 Å². The largest absolute Gasteiger partial charge is 0.310 e. The number of H-pyrrole nitrogens is 1. The zero-order valence-corrected chi connectivity index (χ0v) is 24.3. The lowest BCUT2D eigenvalue weighted by Crippen LogP contribution is -2.26. The molecule has 0 fully saturated rings. The molecule has 0 saturated carbocycles. The van der Waals surface area contributed by atoms with E-state index in [4.69, 9.17) is 39.8 Å². The van der Waals surface area contributed by atoms with Crippen LogP contribution in [0.3, 0.4) is 0 Å². The summed E-state index contributed by atoms with van der Waals surface area (Å²) >= 11 is 19.0. The number of aromatic nitrogens is 4. The van der Waals surface area contributed by atoms with Gasteiger partial charge in [-0.2, -0.15) is 5.10 Å². The lowest BCUT2D eigenvalue weighted by molar-refractivity contribution is 0.432. The van der Waals surface area contributed by atoms with Crippen LogP contribution in [0.25, 0.3) is 16.7 Å². The normalized spacial score (nSPS) is 12.1. The summed E-state index contributed by atoms with van der Waals surface area (Å²) in [5.41, 5.74) is 2.21. The summed E-state index contributed by atoms with van der Waals surface area (Å²) in [6.45, 7) is 4.28. The lowest BCUT2D eigenvalue weighted by Gasteiger charge is -2.12. The van der Waals surface area contributed by atoms with Gasteiger partial charge in [0.05, 0.1) is 21.5 Å². The van der Waals surface area contributed by atoms with Gasteiger partial charge in [-0.05, 0) is 49.8 Å². The van der Waals surface area contributed by atoms with Crippen molar-refractivity contribution in [3.05, 3.63) is 78.9 Å². The number of halogens is 3. The number of nitrogens with one attached hydrogen (secondary N) is 2. The van der Waals surface area contributed by atoms with Crippen molar-refractivity contribution in [3.8, 4) is 5.69 Å². The summed E-state index contributed by atoms with van der Waals surface area (Å²) in [7, 11) is 0.161. The molecule has 0 radical (unpaired) electrons. The number of anilines is 1. The van der Waals surface area contributed by atoms with Crippen LogP contribution in [0.15, 0.2) is 41.2 Å². The van der Waals surface area contributed by atoms with E-state index in [0.29, 0.717) is 51.9 Å². The Balaban J connectivity index is 1.69. The standard InChI is InChI=1S/C25H27Cl3N6O3S/c1-14(2)22-21-24(34(31-22)23-18(27)12-16(26)13-19(23)28)29-20(30-25(21)35)11-15-5-7-17(8-6-15)32-38(36,37)10-9-33(3)4/h5-8,12-14,32H,9-11H2,1-4H3,(H,29,30,35). The van der Waals surface area contributed by atoms with E-state index in [1.165, 1.54) is 4.68 Å². The average molecular weight is 598 g/mol. The molecule has 0 saturated heterocycles. The number of rotatable bonds is 9. The number of hydrogen-bond donors (Lipinski definition) is 2. The van der Waals surface area contributed by atoms with Crippen LogP contribution in [0.5, 0.6) is 0 Å². The van der Waals surface area contributed by atoms with Crippen molar-refractivity contribution in [2.24, 2.45) is 0 Å². The van der Waals surface area contributed by atoms with Crippen LogP contribution in [0.4, 0.5) is 5.69 Å². The van der Waals surface area contributed by atoms with Gasteiger partial charge in [0.1, 0.15) is 16.9 Å². The van der Waals surface area contributed by atoms with Gasteiger partial charge >= 0.3 is 0 Å². The highest BCUT2D eigenvalue weighted by Gasteiger charge is 2.23. The van der Waals surface area contributed by atoms with Crippen LogP contribution in [-0.4, -0.2) is 59.5 Å². The quantitative estimate of drug-likeness (QED) is 0.278. The van der Waals surface area contributed by atoms with Gasteiger partial charge in [-0.1, -0.05) is 60.8 Å². The monoisotopic (exact) mass is 596 g/mol. The highest BCUT2D eigenvalue weighted by Crippen LogP contribution is 2.34. The molecule has 9 nitrogen and oxygen atoms in total. The van der Waals surface area contributed by atoms with E-state index in [2.05, 4.69) is 14.8 Å². The molecule has 0 atom stereocenters. The van der Waals surface area contributed by atoms with Gasteiger partial charge in [0, 0.05) is 23.7 Å². The van der Waals surface area contributed by atoms with Crippen LogP contribution in [-0.2, 0) is 16.4 Å². The maximum atomic E-state index is 13.2. The highest BCUT2D eigenvalue weighted by molar-refractivity contribution is 7.92. The molecule has 2 heterocycles. The molecule has 0 amide bonds. The Bertz CT molecular complexity index is 1620. The summed E-state index contributed by atoms with van der Waals surface area (Å²) in [5.74, 6) is 0.326. The van der Waals surface area contributed by atoms with E-state index in [1.807, 2.05) is 27.9 Å². The van der Waals surface area contributed by atoms with Crippen molar-refractivity contribution < 1.29 is 8.42 Å². The zero-order chi connectivity index (χ0) is 27.8. The third kappa shape index (κ3) is 6.32. The number of fused-ring (bicyclic) bond motifs is 1. The molecule has 4 rings (SSSR count). The fraction of sp³-hybridized carbons (Fsp3) is 0.320. The van der Waals surface area contributed by atoms with E-state index in [1.54, 1.807) is 41.3 Å². The molecule has 0 bridgehead atoms. The Labute approximate surface area is 235 Å². The van der Waals surface area contributed by atoms with Crippen molar-refractivity contribution in [2.45, 2.75) is 26.2 Å². The Morgan fingerprint density at radius 1 is 1.08 bits per heavy atom. The minimum Gasteiger partial charge on any atom is -0.310 e. The molecule has 0 aliphatic heterocycles. The average Bonchev–Trinajstić information content (AvgIpc) is 3.18. The van der Waals surface area contributed by atoms with Gasteiger partial charge in [0.15, 0.2) is 5.65 Å². The van der Waals surface area contributed by atoms with Crippen molar-refractivity contribution >= 4 is 61.5 Å². The highest BCUT2D eigenvalue weighted by atomic mass is 35.5. The number of aromatic amines is 1. The maximum absolute atomic E-state index is 13.2. The van der Waals surface area contributed by atoms with E-state index >= 15 is 0 Å². The molecular weight excluding hydrogens is 571 g/mol. The van der Waals surface area contributed by atoms with Crippen LogP contribution < -0.4 is 10.3 Å². The lowest BCUT2D eigenvalue weighted by atomic mass is 10.1. The number of sulfonamides is 1. The van der Waals surface area contributed by atoms with Crippen LogP contribution >= 0.6 is 34.8 Å². The van der Waals surface area contributed by atoms with Crippen LogP contribution in [0, 0.1) is 0 Å². The molecule has 0 aliphatic carbocycles. The smallest absolute Gasteiger partial charge is 0.262 e. The Kier molecular flexibility index (Phi) is 8.39. The zero-order valence-electron chi connectivity index (χ0n) is 21.2. The summed E-state index contributed by atoms with van der Waals surface area (Å²) in [5, 5.41) is 5.92. The summed E-state index contributed by atoms with van der Waals surface area (Å²) in [4.78, 5) is 22.6. The van der Waals surface area contributed by atoms with E-state index < -0.39 is 10.0 Å². The fourth-order valence-corrected chi connectivity index (χ4v) is 6.07. The minimum atomic E-state index is -3.47. The molecule has 4 aromatic rings. The molecule has 0 aliphatic rings. The molecule has 2 aromatic carbocycles. The first-order chi connectivity index (χ1) is 17.8. The Morgan fingerprint density at radius 2 is 1.71 bits per heavy atom. The first-order valence-electron chi connectivity index (χ1n) is 11.8. The van der Waals surface area contributed by atoms with Crippen LogP contribution in [0.2, 0.25) is 15.1 Å². The third-order valence-corrected chi connectivity index (χ3v) is 7.82. The number of benzene rings is 2. The van der Waals surface area contributed by atoms with Gasteiger partial charge in [-0.15, -0.1) is 0 Å². The minimum absolute atomic E-state index is 0.0133. The van der Waals surface area contributed by atoms with Gasteiger partial charge in [0.25, 0.3) is 5.56 Å². The van der Waals surface area contributed by atoms with E-state index in [9.17, 15) is 13.2 Å². The van der Waals surface area contributed by atoms with E-state index in [-0.39, 0.29) is 27.3 Å².